The Morgan fingerprint density at radius 3 is 2.61 bits per heavy atom. The van der Waals surface area contributed by atoms with Gasteiger partial charge < -0.3 is 9.84 Å². The summed E-state index contributed by atoms with van der Waals surface area (Å²) in [7, 11) is 0. The molecule has 0 unspecified atom stereocenters. The first-order valence-corrected chi connectivity index (χ1v) is 8.88. The molecule has 1 aromatic carbocycles. The Labute approximate surface area is 162 Å². The third kappa shape index (κ3) is 6.40. The Hall–Kier alpha value is -2.83. The molecule has 0 spiro atoms. The Morgan fingerprint density at radius 1 is 1.18 bits per heavy atom. The SMILES string of the molecule is CC(C)=CCC/C(C)=C/CNC(=O)c1cc(-c2cccc(C(F)(F)F)c2)on1. The average molecular weight is 392 g/mol. The van der Waals surface area contributed by atoms with E-state index in [1.165, 1.54) is 23.8 Å². The molecule has 0 saturated heterocycles. The van der Waals surface area contributed by atoms with Crippen LogP contribution in [0.3, 0.4) is 0 Å². The van der Waals surface area contributed by atoms with Crippen molar-refractivity contribution in [2.24, 2.45) is 0 Å². The number of carbonyl (C=O) groups excluding carboxylic acids is 1. The van der Waals surface area contributed by atoms with Gasteiger partial charge in [0.05, 0.1) is 5.56 Å². The van der Waals surface area contributed by atoms with Gasteiger partial charge in [0.1, 0.15) is 0 Å². The summed E-state index contributed by atoms with van der Waals surface area (Å²) in [4.78, 5) is 12.1. The van der Waals surface area contributed by atoms with Crippen LogP contribution in [0, 0.1) is 0 Å². The molecule has 1 amide bonds. The van der Waals surface area contributed by atoms with E-state index in [4.69, 9.17) is 4.52 Å². The van der Waals surface area contributed by atoms with Crippen molar-refractivity contribution in [3.05, 3.63) is 64.9 Å². The minimum absolute atomic E-state index is 0.0167. The summed E-state index contributed by atoms with van der Waals surface area (Å²) in [5.41, 5.74) is 1.85. The summed E-state index contributed by atoms with van der Waals surface area (Å²) < 4.78 is 43.5. The molecule has 4 nitrogen and oxygen atoms in total. The minimum Gasteiger partial charge on any atom is -0.355 e. The van der Waals surface area contributed by atoms with E-state index in [-0.39, 0.29) is 17.0 Å². The Morgan fingerprint density at radius 2 is 1.93 bits per heavy atom. The highest BCUT2D eigenvalue weighted by Gasteiger charge is 2.30. The van der Waals surface area contributed by atoms with Crippen LogP contribution in [-0.4, -0.2) is 17.6 Å². The normalized spacial score (nSPS) is 12.0. The predicted molar refractivity (Wildman–Crippen MR) is 102 cm³/mol. The predicted octanol–water partition coefficient (Wildman–Crippen LogP) is 5.78. The van der Waals surface area contributed by atoms with E-state index in [0.29, 0.717) is 6.54 Å². The molecule has 28 heavy (non-hydrogen) atoms. The highest BCUT2D eigenvalue weighted by atomic mass is 19.4. The van der Waals surface area contributed by atoms with Crippen LogP contribution >= 0.6 is 0 Å². The van der Waals surface area contributed by atoms with Crippen molar-refractivity contribution in [2.45, 2.75) is 39.8 Å². The second-order valence-corrected chi connectivity index (χ2v) is 6.74. The fourth-order valence-corrected chi connectivity index (χ4v) is 2.47. The van der Waals surface area contributed by atoms with Crippen LogP contribution in [0.2, 0.25) is 0 Å². The lowest BCUT2D eigenvalue weighted by Gasteiger charge is -2.06. The molecule has 0 saturated carbocycles. The lowest BCUT2D eigenvalue weighted by atomic mass is 10.1. The van der Waals surface area contributed by atoms with Gasteiger partial charge >= 0.3 is 6.18 Å². The quantitative estimate of drug-likeness (QED) is 0.608. The summed E-state index contributed by atoms with van der Waals surface area (Å²) in [5, 5.41) is 6.35. The standard InChI is InChI=1S/C21H23F3N2O2/c1-14(2)6-4-7-15(3)10-11-25-20(27)18-13-19(28-26-18)16-8-5-9-17(12-16)21(22,23)24/h5-6,8-10,12-13H,4,7,11H2,1-3H3,(H,25,27)/b15-10+. The first-order valence-electron chi connectivity index (χ1n) is 8.88. The van der Waals surface area contributed by atoms with Gasteiger partial charge in [-0.05, 0) is 45.7 Å². The number of allylic oxidation sites excluding steroid dienone is 3. The molecule has 0 atom stereocenters. The molecule has 2 rings (SSSR count). The molecule has 1 heterocycles. The van der Waals surface area contributed by atoms with E-state index >= 15 is 0 Å². The molecular weight excluding hydrogens is 369 g/mol. The third-order valence-corrected chi connectivity index (χ3v) is 4.02. The molecule has 0 radical (unpaired) electrons. The van der Waals surface area contributed by atoms with Gasteiger partial charge in [0.2, 0.25) is 0 Å². The van der Waals surface area contributed by atoms with Crippen LogP contribution in [0.4, 0.5) is 13.2 Å². The number of halogens is 3. The molecule has 2 aromatic rings. The van der Waals surface area contributed by atoms with Crippen LogP contribution in [0.25, 0.3) is 11.3 Å². The summed E-state index contributed by atoms with van der Waals surface area (Å²) >= 11 is 0. The number of hydrogen-bond acceptors (Lipinski definition) is 3. The lowest BCUT2D eigenvalue weighted by molar-refractivity contribution is -0.137. The topological polar surface area (TPSA) is 55.1 Å². The second-order valence-electron chi connectivity index (χ2n) is 6.74. The molecule has 7 heteroatoms. The van der Waals surface area contributed by atoms with Crippen LogP contribution in [0.15, 0.2) is 58.2 Å². The van der Waals surface area contributed by atoms with E-state index in [2.05, 4.69) is 16.5 Å². The van der Waals surface area contributed by atoms with Gasteiger partial charge in [0, 0.05) is 18.2 Å². The Balaban J connectivity index is 1.96. The first-order chi connectivity index (χ1) is 13.2. The number of alkyl halides is 3. The second kappa shape index (κ2) is 9.39. The molecule has 0 aliphatic heterocycles. The fourth-order valence-electron chi connectivity index (χ4n) is 2.47. The monoisotopic (exact) mass is 392 g/mol. The highest BCUT2D eigenvalue weighted by molar-refractivity contribution is 5.93. The summed E-state index contributed by atoms with van der Waals surface area (Å²) in [6, 6.07) is 6.01. The van der Waals surface area contributed by atoms with E-state index in [1.807, 2.05) is 26.8 Å². The number of carbonyl (C=O) groups is 1. The van der Waals surface area contributed by atoms with Crippen molar-refractivity contribution in [3.8, 4) is 11.3 Å². The maximum absolute atomic E-state index is 12.8. The van der Waals surface area contributed by atoms with Crippen LogP contribution in [0.1, 0.15) is 49.7 Å². The Kier molecular flexibility index (Phi) is 7.20. The van der Waals surface area contributed by atoms with Gasteiger partial charge in [-0.2, -0.15) is 13.2 Å². The number of amides is 1. The van der Waals surface area contributed by atoms with Gasteiger partial charge in [-0.1, -0.05) is 40.6 Å². The number of aromatic nitrogens is 1. The lowest BCUT2D eigenvalue weighted by Crippen LogP contribution is -2.23. The molecule has 0 fully saturated rings. The van der Waals surface area contributed by atoms with Gasteiger partial charge in [-0.3, -0.25) is 4.79 Å². The third-order valence-electron chi connectivity index (χ3n) is 4.02. The van der Waals surface area contributed by atoms with Crippen molar-refractivity contribution < 1.29 is 22.5 Å². The summed E-state index contributed by atoms with van der Waals surface area (Å²) in [5.74, 6) is -0.347. The molecule has 1 N–H and O–H groups in total. The van der Waals surface area contributed by atoms with Gasteiger partial charge in [0.15, 0.2) is 11.5 Å². The fraction of sp³-hybridized carbons (Fsp3) is 0.333. The molecule has 150 valence electrons. The van der Waals surface area contributed by atoms with Gasteiger partial charge in [0.25, 0.3) is 5.91 Å². The van der Waals surface area contributed by atoms with Crippen molar-refractivity contribution in [2.75, 3.05) is 6.54 Å². The number of nitrogens with zero attached hydrogens (tertiary/aromatic N) is 1. The minimum atomic E-state index is -4.45. The Bertz CT molecular complexity index is 876. The van der Waals surface area contributed by atoms with E-state index in [0.717, 1.165) is 30.5 Å². The van der Waals surface area contributed by atoms with Crippen molar-refractivity contribution in [1.82, 2.24) is 10.5 Å². The van der Waals surface area contributed by atoms with Crippen molar-refractivity contribution >= 4 is 5.91 Å². The van der Waals surface area contributed by atoms with Gasteiger partial charge in [-0.15, -0.1) is 0 Å². The van der Waals surface area contributed by atoms with Gasteiger partial charge in [-0.25, -0.2) is 0 Å². The first kappa shape index (κ1) is 21.5. The zero-order valence-corrected chi connectivity index (χ0v) is 16.1. The smallest absolute Gasteiger partial charge is 0.355 e. The highest BCUT2D eigenvalue weighted by Crippen LogP contribution is 2.32. The number of hydrogen-bond donors (Lipinski definition) is 1. The molecule has 0 aliphatic rings. The van der Waals surface area contributed by atoms with E-state index < -0.39 is 17.6 Å². The number of nitrogens with one attached hydrogen (secondary N) is 1. The van der Waals surface area contributed by atoms with Crippen LogP contribution < -0.4 is 5.32 Å². The average Bonchev–Trinajstić information content (AvgIpc) is 3.11. The molecule has 1 aromatic heterocycles. The van der Waals surface area contributed by atoms with E-state index in [9.17, 15) is 18.0 Å². The van der Waals surface area contributed by atoms with Crippen LogP contribution in [-0.2, 0) is 6.18 Å². The molecule has 0 bridgehead atoms. The van der Waals surface area contributed by atoms with Crippen LogP contribution in [0.5, 0.6) is 0 Å². The summed E-state index contributed by atoms with van der Waals surface area (Å²) in [6.45, 7) is 6.42. The van der Waals surface area contributed by atoms with Crippen molar-refractivity contribution in [3.63, 3.8) is 0 Å². The summed E-state index contributed by atoms with van der Waals surface area (Å²) in [6.07, 6.45) is 1.48. The maximum Gasteiger partial charge on any atom is 0.416 e. The number of benzene rings is 1. The zero-order chi connectivity index (χ0) is 20.7. The van der Waals surface area contributed by atoms with E-state index in [1.54, 1.807) is 0 Å². The number of rotatable bonds is 7. The zero-order valence-electron chi connectivity index (χ0n) is 16.1. The largest absolute Gasteiger partial charge is 0.416 e. The maximum atomic E-state index is 12.8. The molecule has 0 aliphatic carbocycles. The van der Waals surface area contributed by atoms with Crippen molar-refractivity contribution in [1.29, 1.82) is 0 Å². The molecular formula is C21H23F3N2O2.